The van der Waals surface area contributed by atoms with Crippen molar-refractivity contribution in [3.05, 3.63) is 58.6 Å². The topological polar surface area (TPSA) is 62.6 Å². The van der Waals surface area contributed by atoms with E-state index in [1.165, 1.54) is 0 Å². The van der Waals surface area contributed by atoms with Crippen molar-refractivity contribution in [2.24, 2.45) is 0 Å². The summed E-state index contributed by atoms with van der Waals surface area (Å²) in [4.78, 5) is 25.3. The first kappa shape index (κ1) is 19.9. The summed E-state index contributed by atoms with van der Waals surface area (Å²) in [7, 11) is 1.81. The van der Waals surface area contributed by atoms with E-state index in [2.05, 4.69) is 17.6 Å². The standard InChI is InChI=1S/C20H24ClN3O2/c1-4-15-9-7-8-14(2)20(15)23-19(26)13-24(3)12-18(25)22-17-11-6-5-10-16(17)21/h5-11H,4,12-13H2,1-3H3,(H,22,25)(H,23,26)/p+1. The molecule has 0 aliphatic heterocycles. The number of benzene rings is 2. The SMILES string of the molecule is CCc1cccc(C)c1NC(=O)C[NH+](C)CC(=O)Nc1ccccc1Cl. The van der Waals surface area contributed by atoms with Crippen LogP contribution in [0.5, 0.6) is 0 Å². The van der Waals surface area contributed by atoms with E-state index >= 15 is 0 Å². The van der Waals surface area contributed by atoms with Gasteiger partial charge in [0.25, 0.3) is 11.8 Å². The fourth-order valence-electron chi connectivity index (χ4n) is 2.75. The van der Waals surface area contributed by atoms with Crippen molar-refractivity contribution in [2.45, 2.75) is 20.3 Å². The molecule has 26 heavy (non-hydrogen) atoms. The molecular weight excluding hydrogens is 350 g/mol. The van der Waals surface area contributed by atoms with Gasteiger partial charge in [-0.25, -0.2) is 0 Å². The summed E-state index contributed by atoms with van der Waals surface area (Å²) < 4.78 is 0. The van der Waals surface area contributed by atoms with Crippen molar-refractivity contribution in [1.29, 1.82) is 0 Å². The van der Waals surface area contributed by atoms with Crippen LogP contribution >= 0.6 is 11.6 Å². The monoisotopic (exact) mass is 374 g/mol. The van der Waals surface area contributed by atoms with Crippen molar-refractivity contribution < 1.29 is 14.5 Å². The largest absolute Gasteiger partial charge is 0.322 e. The highest BCUT2D eigenvalue weighted by Crippen LogP contribution is 2.21. The molecular formula is C20H25ClN3O2+. The van der Waals surface area contributed by atoms with Crippen molar-refractivity contribution in [2.75, 3.05) is 30.8 Å². The van der Waals surface area contributed by atoms with Gasteiger partial charge in [-0.15, -0.1) is 0 Å². The molecule has 0 saturated heterocycles. The van der Waals surface area contributed by atoms with Gasteiger partial charge in [0.1, 0.15) is 0 Å². The van der Waals surface area contributed by atoms with Crippen LogP contribution in [-0.2, 0) is 16.0 Å². The molecule has 1 atom stereocenters. The smallest absolute Gasteiger partial charge is 0.279 e. The Morgan fingerprint density at radius 3 is 2.31 bits per heavy atom. The lowest BCUT2D eigenvalue weighted by atomic mass is 10.1. The molecule has 2 rings (SSSR count). The quantitative estimate of drug-likeness (QED) is 0.696. The minimum absolute atomic E-state index is 0.114. The number of amides is 2. The zero-order valence-corrected chi connectivity index (χ0v) is 16.1. The van der Waals surface area contributed by atoms with Crippen molar-refractivity contribution >= 4 is 34.8 Å². The molecule has 0 spiro atoms. The third-order valence-corrected chi connectivity index (χ3v) is 4.41. The average molecular weight is 375 g/mol. The third-order valence-electron chi connectivity index (χ3n) is 4.08. The summed E-state index contributed by atoms with van der Waals surface area (Å²) in [6.45, 7) is 4.41. The summed E-state index contributed by atoms with van der Waals surface area (Å²) in [5.74, 6) is -0.300. The lowest BCUT2D eigenvalue weighted by Crippen LogP contribution is -3.11. The van der Waals surface area contributed by atoms with Gasteiger partial charge in [0.2, 0.25) is 0 Å². The van der Waals surface area contributed by atoms with Crippen LogP contribution in [0.4, 0.5) is 11.4 Å². The maximum atomic E-state index is 12.4. The molecule has 2 aromatic carbocycles. The van der Waals surface area contributed by atoms with Crippen molar-refractivity contribution in [1.82, 2.24) is 0 Å². The maximum absolute atomic E-state index is 12.4. The van der Waals surface area contributed by atoms with Crippen LogP contribution in [0.2, 0.25) is 5.02 Å². The zero-order valence-electron chi connectivity index (χ0n) is 15.4. The highest BCUT2D eigenvalue weighted by atomic mass is 35.5. The predicted octanol–water partition coefficient (Wildman–Crippen LogP) is 2.30. The van der Waals surface area contributed by atoms with Gasteiger partial charge in [-0.05, 0) is 36.6 Å². The number of aryl methyl sites for hydroxylation is 2. The molecule has 5 nitrogen and oxygen atoms in total. The Balaban J connectivity index is 1.89. The number of quaternary nitrogens is 1. The van der Waals surface area contributed by atoms with Crippen LogP contribution in [0.1, 0.15) is 18.1 Å². The van der Waals surface area contributed by atoms with Crippen LogP contribution in [0, 0.1) is 6.92 Å². The van der Waals surface area contributed by atoms with E-state index in [0.29, 0.717) is 10.7 Å². The number of halogens is 1. The van der Waals surface area contributed by atoms with Crippen molar-refractivity contribution in [3.63, 3.8) is 0 Å². The van der Waals surface area contributed by atoms with Crippen molar-refractivity contribution in [3.8, 4) is 0 Å². The van der Waals surface area contributed by atoms with Gasteiger partial charge < -0.3 is 15.5 Å². The van der Waals surface area contributed by atoms with E-state index in [4.69, 9.17) is 11.6 Å². The van der Waals surface area contributed by atoms with E-state index in [-0.39, 0.29) is 24.9 Å². The van der Waals surface area contributed by atoms with E-state index in [1.54, 1.807) is 24.3 Å². The number of hydrogen-bond acceptors (Lipinski definition) is 2. The second kappa shape index (κ2) is 9.36. The summed E-state index contributed by atoms with van der Waals surface area (Å²) in [6.07, 6.45) is 0.847. The molecule has 0 fully saturated rings. The zero-order chi connectivity index (χ0) is 19.1. The second-order valence-corrected chi connectivity index (χ2v) is 6.76. The molecule has 0 aliphatic carbocycles. The summed E-state index contributed by atoms with van der Waals surface area (Å²) >= 11 is 6.04. The lowest BCUT2D eigenvalue weighted by Gasteiger charge is -2.16. The molecule has 138 valence electrons. The van der Waals surface area contributed by atoms with Gasteiger partial charge in [0.05, 0.1) is 17.8 Å². The second-order valence-electron chi connectivity index (χ2n) is 6.35. The first-order valence-corrected chi connectivity index (χ1v) is 9.02. The van der Waals surface area contributed by atoms with Gasteiger partial charge in [0.15, 0.2) is 13.1 Å². The molecule has 1 unspecified atom stereocenters. The molecule has 2 aromatic rings. The average Bonchev–Trinajstić information content (AvgIpc) is 2.58. The maximum Gasteiger partial charge on any atom is 0.279 e. The molecule has 6 heteroatoms. The Kier molecular flexibility index (Phi) is 7.18. The molecule has 0 saturated carbocycles. The van der Waals surface area contributed by atoms with Crippen LogP contribution in [0.3, 0.4) is 0 Å². The molecule has 0 aromatic heterocycles. The minimum atomic E-state index is -0.187. The number of hydrogen-bond donors (Lipinski definition) is 3. The third kappa shape index (κ3) is 5.58. The Bertz CT molecular complexity index is 792. The first-order valence-electron chi connectivity index (χ1n) is 8.64. The minimum Gasteiger partial charge on any atom is -0.322 e. The van der Waals surface area contributed by atoms with Gasteiger partial charge >= 0.3 is 0 Å². The normalized spacial score (nSPS) is 11.7. The number of likely N-dealkylation sites (N-methyl/N-ethyl adjacent to an activating group) is 1. The van der Waals surface area contributed by atoms with E-state index in [9.17, 15) is 9.59 Å². The van der Waals surface area contributed by atoms with E-state index in [0.717, 1.165) is 28.1 Å². The summed E-state index contributed by atoms with van der Waals surface area (Å²) in [5, 5.41) is 6.24. The fraction of sp³-hybridized carbons (Fsp3) is 0.300. The van der Waals surface area contributed by atoms with Crippen LogP contribution < -0.4 is 15.5 Å². The van der Waals surface area contributed by atoms with Crippen LogP contribution in [0.25, 0.3) is 0 Å². The van der Waals surface area contributed by atoms with Gasteiger partial charge in [-0.2, -0.15) is 0 Å². The molecule has 0 bridgehead atoms. The van der Waals surface area contributed by atoms with Crippen LogP contribution in [0.15, 0.2) is 42.5 Å². The fourth-order valence-corrected chi connectivity index (χ4v) is 2.94. The molecule has 0 radical (unpaired) electrons. The van der Waals surface area contributed by atoms with Gasteiger partial charge in [-0.3, -0.25) is 9.59 Å². The summed E-state index contributed by atoms with van der Waals surface area (Å²) in [6, 6.07) is 13.0. The number of rotatable bonds is 7. The van der Waals surface area contributed by atoms with E-state index < -0.39 is 0 Å². The first-order chi connectivity index (χ1) is 12.4. The Labute approximate surface area is 159 Å². The Morgan fingerprint density at radius 2 is 1.65 bits per heavy atom. The lowest BCUT2D eigenvalue weighted by molar-refractivity contribution is -0.862. The molecule has 2 amide bonds. The molecule has 0 aliphatic rings. The highest BCUT2D eigenvalue weighted by Gasteiger charge is 2.16. The number of carbonyl (C=O) groups is 2. The Morgan fingerprint density at radius 1 is 1.00 bits per heavy atom. The van der Waals surface area contributed by atoms with Gasteiger partial charge in [0, 0.05) is 5.69 Å². The van der Waals surface area contributed by atoms with Gasteiger partial charge in [-0.1, -0.05) is 48.9 Å². The molecule has 0 heterocycles. The number of anilines is 2. The number of nitrogens with one attached hydrogen (secondary N) is 3. The number of para-hydroxylation sites is 2. The van der Waals surface area contributed by atoms with E-state index in [1.807, 2.05) is 32.2 Å². The summed E-state index contributed by atoms with van der Waals surface area (Å²) in [5.41, 5.74) is 3.58. The number of carbonyl (C=O) groups excluding carboxylic acids is 2. The highest BCUT2D eigenvalue weighted by molar-refractivity contribution is 6.33. The molecule has 3 N–H and O–H groups in total. The van der Waals surface area contributed by atoms with Crippen LogP contribution in [-0.4, -0.2) is 32.0 Å². The Hall–Kier alpha value is -2.37. The predicted molar refractivity (Wildman–Crippen MR) is 106 cm³/mol.